The zero-order valence-electron chi connectivity index (χ0n) is 12.1. The lowest BCUT2D eigenvalue weighted by Crippen LogP contribution is -2.54. The first kappa shape index (κ1) is 16.0. The van der Waals surface area contributed by atoms with Gasteiger partial charge >= 0.3 is 0 Å². The van der Waals surface area contributed by atoms with E-state index in [1.165, 1.54) is 0 Å². The van der Waals surface area contributed by atoms with Gasteiger partial charge in [0.2, 0.25) is 5.91 Å². The molecule has 0 saturated heterocycles. The van der Waals surface area contributed by atoms with Gasteiger partial charge in [0.1, 0.15) is 0 Å². The number of carbonyl (C=O) groups is 1. The standard InChI is InChI=1S/C13H24N4OS/c1-5-6-16-13(3,11(14)18)9-10(2)19-12-15-7-8-17(12)4/h7-8,10,16H,5-6,9H2,1-4H3,(H2,14,18). The lowest BCUT2D eigenvalue weighted by molar-refractivity contribution is -0.124. The van der Waals surface area contributed by atoms with Gasteiger partial charge < -0.3 is 15.6 Å². The minimum Gasteiger partial charge on any atom is -0.368 e. The normalized spacial score (nSPS) is 16.0. The summed E-state index contributed by atoms with van der Waals surface area (Å²) in [6.07, 6.45) is 5.35. The van der Waals surface area contributed by atoms with Crippen LogP contribution in [0.3, 0.4) is 0 Å². The third-order valence-electron chi connectivity index (χ3n) is 3.09. The summed E-state index contributed by atoms with van der Waals surface area (Å²) >= 11 is 1.66. The number of amides is 1. The molecule has 2 atom stereocenters. The van der Waals surface area contributed by atoms with Crippen LogP contribution in [0.5, 0.6) is 0 Å². The SMILES string of the molecule is CCCNC(C)(CC(C)Sc1nccn1C)C(N)=O. The molecule has 0 bridgehead atoms. The van der Waals surface area contributed by atoms with Crippen LogP contribution >= 0.6 is 11.8 Å². The zero-order valence-corrected chi connectivity index (χ0v) is 13.0. The summed E-state index contributed by atoms with van der Waals surface area (Å²) in [7, 11) is 1.96. The second-order valence-corrected chi connectivity index (χ2v) is 6.48. The van der Waals surface area contributed by atoms with Gasteiger partial charge in [-0.15, -0.1) is 0 Å². The third kappa shape index (κ3) is 4.54. The molecule has 0 spiro atoms. The minimum atomic E-state index is -0.659. The van der Waals surface area contributed by atoms with Crippen LogP contribution in [0.25, 0.3) is 0 Å². The Balaban J connectivity index is 2.63. The molecule has 0 aliphatic heterocycles. The first-order valence-corrected chi connectivity index (χ1v) is 7.46. The van der Waals surface area contributed by atoms with Crippen molar-refractivity contribution in [2.24, 2.45) is 12.8 Å². The van der Waals surface area contributed by atoms with Crippen LogP contribution in [-0.2, 0) is 11.8 Å². The highest BCUT2D eigenvalue weighted by atomic mass is 32.2. The van der Waals surface area contributed by atoms with Crippen molar-refractivity contribution in [1.29, 1.82) is 0 Å². The first-order chi connectivity index (χ1) is 8.89. The van der Waals surface area contributed by atoms with Crippen LogP contribution in [0.4, 0.5) is 0 Å². The van der Waals surface area contributed by atoms with Crippen molar-refractivity contribution in [2.75, 3.05) is 6.54 Å². The largest absolute Gasteiger partial charge is 0.368 e. The van der Waals surface area contributed by atoms with Crippen molar-refractivity contribution >= 4 is 17.7 Å². The topological polar surface area (TPSA) is 72.9 Å². The number of rotatable bonds is 8. The summed E-state index contributed by atoms with van der Waals surface area (Å²) in [5, 5.41) is 4.46. The van der Waals surface area contributed by atoms with E-state index < -0.39 is 5.54 Å². The highest BCUT2D eigenvalue weighted by molar-refractivity contribution is 7.99. The molecule has 0 aliphatic carbocycles. The highest BCUT2D eigenvalue weighted by Gasteiger charge is 2.32. The molecule has 0 aliphatic rings. The first-order valence-electron chi connectivity index (χ1n) is 6.58. The number of primary amides is 1. The predicted molar refractivity (Wildman–Crippen MR) is 79.0 cm³/mol. The Morgan fingerprint density at radius 2 is 2.37 bits per heavy atom. The quantitative estimate of drug-likeness (QED) is 0.710. The molecule has 0 saturated carbocycles. The fraction of sp³-hybridized carbons (Fsp3) is 0.692. The maximum Gasteiger partial charge on any atom is 0.237 e. The van der Waals surface area contributed by atoms with Gasteiger partial charge in [0.15, 0.2) is 5.16 Å². The molecule has 0 fully saturated rings. The van der Waals surface area contributed by atoms with E-state index in [0.29, 0.717) is 6.42 Å². The molecule has 0 aromatic carbocycles. The number of nitrogens with zero attached hydrogens (tertiary/aromatic N) is 2. The monoisotopic (exact) mass is 284 g/mol. The third-order valence-corrected chi connectivity index (χ3v) is 4.26. The number of nitrogens with two attached hydrogens (primary N) is 1. The Morgan fingerprint density at radius 3 is 2.84 bits per heavy atom. The molecule has 1 aromatic rings. The predicted octanol–water partition coefficient (Wildman–Crippen LogP) is 1.53. The summed E-state index contributed by atoms with van der Waals surface area (Å²) in [4.78, 5) is 15.9. The molecule has 3 N–H and O–H groups in total. The minimum absolute atomic E-state index is 0.253. The van der Waals surface area contributed by atoms with Gasteiger partial charge in [0, 0.05) is 24.7 Å². The molecule has 1 aromatic heterocycles. The number of nitrogens with one attached hydrogen (secondary N) is 1. The Kier molecular flexibility index (Phi) is 5.87. The summed E-state index contributed by atoms with van der Waals surface area (Å²) in [6.45, 7) is 6.83. The van der Waals surface area contributed by atoms with Gasteiger partial charge in [-0.2, -0.15) is 0 Å². The molecule has 1 heterocycles. The van der Waals surface area contributed by atoms with Crippen LogP contribution in [-0.4, -0.2) is 32.8 Å². The second-order valence-electron chi connectivity index (χ2n) is 5.08. The molecule has 6 heteroatoms. The van der Waals surface area contributed by atoms with Gasteiger partial charge in [0.25, 0.3) is 0 Å². The van der Waals surface area contributed by atoms with E-state index in [-0.39, 0.29) is 11.2 Å². The fourth-order valence-corrected chi connectivity index (χ4v) is 3.05. The Labute approximate surface area is 119 Å². The van der Waals surface area contributed by atoms with Gasteiger partial charge in [-0.1, -0.05) is 25.6 Å². The number of aromatic nitrogens is 2. The van der Waals surface area contributed by atoms with Crippen LogP contribution in [0.15, 0.2) is 17.6 Å². The maximum atomic E-state index is 11.7. The van der Waals surface area contributed by atoms with Crippen molar-refractivity contribution in [2.45, 2.75) is 49.6 Å². The zero-order chi connectivity index (χ0) is 14.5. The van der Waals surface area contributed by atoms with Crippen molar-refractivity contribution < 1.29 is 4.79 Å². The Bertz CT molecular complexity index is 421. The van der Waals surface area contributed by atoms with E-state index >= 15 is 0 Å². The molecular formula is C13H24N4OS. The fourth-order valence-electron chi connectivity index (χ4n) is 1.92. The van der Waals surface area contributed by atoms with Crippen molar-refractivity contribution in [1.82, 2.24) is 14.9 Å². The summed E-state index contributed by atoms with van der Waals surface area (Å²) in [5.74, 6) is -0.298. The lowest BCUT2D eigenvalue weighted by atomic mass is 9.95. The van der Waals surface area contributed by atoms with Crippen LogP contribution in [0.1, 0.15) is 33.6 Å². The van der Waals surface area contributed by atoms with Crippen LogP contribution in [0, 0.1) is 0 Å². The molecule has 0 radical (unpaired) electrons. The van der Waals surface area contributed by atoms with E-state index in [4.69, 9.17) is 5.73 Å². The average molecular weight is 284 g/mol. The number of hydrogen-bond acceptors (Lipinski definition) is 4. The van der Waals surface area contributed by atoms with Gasteiger partial charge in [0.05, 0.1) is 5.54 Å². The molecule has 5 nitrogen and oxygen atoms in total. The van der Waals surface area contributed by atoms with E-state index in [0.717, 1.165) is 18.1 Å². The van der Waals surface area contributed by atoms with E-state index in [1.54, 1.807) is 18.0 Å². The van der Waals surface area contributed by atoms with Crippen molar-refractivity contribution in [3.05, 3.63) is 12.4 Å². The molecule has 108 valence electrons. The second kappa shape index (κ2) is 6.96. The lowest BCUT2D eigenvalue weighted by Gasteiger charge is -2.30. The van der Waals surface area contributed by atoms with Crippen molar-refractivity contribution in [3.8, 4) is 0 Å². The van der Waals surface area contributed by atoms with E-state index in [1.807, 2.05) is 24.7 Å². The molecule has 1 amide bonds. The molecule has 2 unspecified atom stereocenters. The summed E-state index contributed by atoms with van der Waals surface area (Å²) < 4.78 is 1.97. The molecular weight excluding hydrogens is 260 g/mol. The van der Waals surface area contributed by atoms with Gasteiger partial charge in [-0.05, 0) is 26.3 Å². The van der Waals surface area contributed by atoms with Crippen LogP contribution < -0.4 is 11.1 Å². The average Bonchev–Trinajstić information content (AvgIpc) is 2.72. The Morgan fingerprint density at radius 1 is 1.68 bits per heavy atom. The van der Waals surface area contributed by atoms with Crippen LogP contribution in [0.2, 0.25) is 0 Å². The van der Waals surface area contributed by atoms with Gasteiger partial charge in [-0.25, -0.2) is 4.98 Å². The molecule has 19 heavy (non-hydrogen) atoms. The summed E-state index contributed by atoms with van der Waals surface area (Å²) in [5.41, 5.74) is 4.87. The van der Waals surface area contributed by atoms with E-state index in [9.17, 15) is 4.79 Å². The smallest absolute Gasteiger partial charge is 0.237 e. The Hall–Kier alpha value is -1.01. The van der Waals surface area contributed by atoms with Gasteiger partial charge in [-0.3, -0.25) is 4.79 Å². The number of imidazole rings is 1. The number of thioether (sulfide) groups is 1. The van der Waals surface area contributed by atoms with Crippen molar-refractivity contribution in [3.63, 3.8) is 0 Å². The van der Waals surface area contributed by atoms with E-state index in [2.05, 4.69) is 24.1 Å². The summed E-state index contributed by atoms with van der Waals surface area (Å²) in [6, 6.07) is 0. The number of aryl methyl sites for hydroxylation is 1. The number of hydrogen-bond donors (Lipinski definition) is 2. The molecule has 1 rings (SSSR count). The highest BCUT2D eigenvalue weighted by Crippen LogP contribution is 2.27. The maximum absolute atomic E-state index is 11.7. The number of carbonyl (C=O) groups excluding carboxylic acids is 1.